The molecule has 2 aromatic carbocycles. The highest BCUT2D eigenvalue weighted by Gasteiger charge is 2.45. The van der Waals surface area contributed by atoms with Gasteiger partial charge in [-0.3, -0.25) is 4.79 Å². The number of hydrogen-bond acceptors (Lipinski definition) is 4. The van der Waals surface area contributed by atoms with E-state index in [4.69, 9.17) is 14.5 Å². The first-order chi connectivity index (χ1) is 14.3. The Balaban J connectivity index is 1.70. The maximum Gasteiger partial charge on any atom is 0.253 e. The lowest BCUT2D eigenvalue weighted by molar-refractivity contribution is 0.0456. The van der Waals surface area contributed by atoms with Gasteiger partial charge in [-0.15, -0.1) is 0 Å². The molecule has 0 radical (unpaired) electrons. The first-order valence-corrected chi connectivity index (χ1v) is 10.4. The first-order valence-electron chi connectivity index (χ1n) is 10.4. The summed E-state index contributed by atoms with van der Waals surface area (Å²) in [6.07, 6.45) is 3.53. The lowest BCUT2D eigenvalue weighted by Gasteiger charge is -2.37. The van der Waals surface area contributed by atoms with Gasteiger partial charge in [0, 0.05) is 32.3 Å². The average molecular weight is 405 g/mol. The van der Waals surface area contributed by atoms with Gasteiger partial charge in [0.25, 0.3) is 5.91 Å². The standard InChI is InChI=1S/C24H27N3O3/c1-14-25-21-20(27(14)4)13-18(23(28)26(2)3)17-9-11-24(30-22(17)21)10-8-15-12-16(29-5)6-7-19(15)24/h6-7,12-13H,8-11H2,1-5H3. The molecule has 0 bridgehead atoms. The van der Waals surface area contributed by atoms with Crippen molar-refractivity contribution in [2.45, 2.75) is 38.2 Å². The smallest absolute Gasteiger partial charge is 0.253 e. The molecule has 3 aromatic rings. The highest BCUT2D eigenvalue weighted by molar-refractivity contribution is 6.01. The molecule has 1 atom stereocenters. The van der Waals surface area contributed by atoms with Gasteiger partial charge in [-0.25, -0.2) is 4.98 Å². The third-order valence-corrected chi connectivity index (χ3v) is 6.77. The summed E-state index contributed by atoms with van der Waals surface area (Å²) in [5.74, 6) is 2.56. The Labute approximate surface area is 176 Å². The topological polar surface area (TPSA) is 56.6 Å². The number of methoxy groups -OCH3 is 1. The fraction of sp³-hybridized carbons (Fsp3) is 0.417. The van der Waals surface area contributed by atoms with E-state index in [0.717, 1.165) is 59.6 Å². The molecule has 0 saturated heterocycles. The molecule has 1 aromatic heterocycles. The second-order valence-corrected chi connectivity index (χ2v) is 8.64. The summed E-state index contributed by atoms with van der Waals surface area (Å²) in [5, 5.41) is 0. The number of imidazole rings is 1. The SMILES string of the molecule is COc1ccc2c(c1)CCC21CCc2c(C(=O)N(C)C)cc3c(nc(C)n3C)c2O1. The summed E-state index contributed by atoms with van der Waals surface area (Å²) < 4.78 is 14.3. The molecule has 6 nitrogen and oxygen atoms in total. The van der Waals surface area contributed by atoms with Gasteiger partial charge in [0.1, 0.15) is 22.7 Å². The number of amides is 1. The van der Waals surface area contributed by atoms with Crippen molar-refractivity contribution in [3.8, 4) is 11.5 Å². The van der Waals surface area contributed by atoms with Crippen molar-refractivity contribution in [1.29, 1.82) is 0 Å². The number of ether oxygens (including phenoxy) is 2. The fourth-order valence-electron chi connectivity index (χ4n) is 5.00. The van der Waals surface area contributed by atoms with Crippen molar-refractivity contribution in [2.24, 2.45) is 7.05 Å². The van der Waals surface area contributed by atoms with E-state index >= 15 is 0 Å². The van der Waals surface area contributed by atoms with Crippen LogP contribution in [0, 0.1) is 6.92 Å². The number of nitrogens with zero attached hydrogens (tertiary/aromatic N) is 3. The number of carbonyl (C=O) groups excluding carboxylic acids is 1. The molecule has 2 heterocycles. The Kier molecular flexibility index (Phi) is 4.10. The van der Waals surface area contributed by atoms with E-state index in [9.17, 15) is 4.79 Å². The van der Waals surface area contributed by atoms with Gasteiger partial charge in [-0.1, -0.05) is 6.07 Å². The van der Waals surface area contributed by atoms with E-state index in [2.05, 4.69) is 12.1 Å². The number of aromatic nitrogens is 2. The van der Waals surface area contributed by atoms with Gasteiger partial charge in [0.05, 0.1) is 12.6 Å². The molecule has 1 spiro atoms. The highest BCUT2D eigenvalue weighted by Crippen LogP contribution is 2.50. The summed E-state index contributed by atoms with van der Waals surface area (Å²) in [5.41, 5.74) is 5.63. The van der Waals surface area contributed by atoms with Gasteiger partial charge in [-0.2, -0.15) is 0 Å². The number of aryl methyl sites for hydroxylation is 3. The number of hydrogen-bond donors (Lipinski definition) is 0. The number of rotatable bonds is 2. The molecule has 0 saturated carbocycles. The van der Waals surface area contributed by atoms with E-state index < -0.39 is 0 Å². The molecule has 6 heteroatoms. The van der Waals surface area contributed by atoms with Gasteiger partial charge >= 0.3 is 0 Å². The normalized spacial score (nSPS) is 19.5. The molecule has 156 valence electrons. The van der Waals surface area contributed by atoms with E-state index in [1.807, 2.05) is 30.7 Å². The Hall–Kier alpha value is -3.02. The summed E-state index contributed by atoms with van der Waals surface area (Å²) >= 11 is 0. The minimum Gasteiger partial charge on any atom is -0.497 e. The van der Waals surface area contributed by atoms with Gasteiger partial charge in [0.15, 0.2) is 5.75 Å². The maximum absolute atomic E-state index is 13.0. The van der Waals surface area contributed by atoms with Gasteiger partial charge in [0.2, 0.25) is 0 Å². The molecule has 5 rings (SSSR count). The van der Waals surface area contributed by atoms with Crippen LogP contribution in [0.25, 0.3) is 11.0 Å². The summed E-state index contributed by atoms with van der Waals surface area (Å²) in [6, 6.07) is 8.25. The zero-order valence-corrected chi connectivity index (χ0v) is 18.2. The average Bonchev–Trinajstić information content (AvgIpc) is 3.24. The number of benzene rings is 2. The molecule has 1 aliphatic heterocycles. The van der Waals surface area contributed by atoms with Crippen LogP contribution in [0.3, 0.4) is 0 Å². The Morgan fingerprint density at radius 2 is 2.00 bits per heavy atom. The third-order valence-electron chi connectivity index (χ3n) is 6.77. The van der Waals surface area contributed by atoms with Crippen LogP contribution in [0.4, 0.5) is 0 Å². The van der Waals surface area contributed by atoms with E-state index in [-0.39, 0.29) is 11.5 Å². The Bertz CT molecular complexity index is 1190. The highest BCUT2D eigenvalue weighted by atomic mass is 16.5. The van der Waals surface area contributed by atoms with E-state index in [1.165, 1.54) is 11.1 Å². The second-order valence-electron chi connectivity index (χ2n) is 8.64. The quantitative estimate of drug-likeness (QED) is 0.651. The molecule has 1 unspecified atom stereocenters. The summed E-state index contributed by atoms with van der Waals surface area (Å²) in [7, 11) is 7.26. The summed E-state index contributed by atoms with van der Waals surface area (Å²) in [4.78, 5) is 19.4. The molecular formula is C24H27N3O3. The maximum atomic E-state index is 13.0. The third kappa shape index (κ3) is 2.56. The van der Waals surface area contributed by atoms with Crippen molar-refractivity contribution in [3.63, 3.8) is 0 Å². The van der Waals surface area contributed by atoms with Crippen LogP contribution in [0.2, 0.25) is 0 Å². The van der Waals surface area contributed by atoms with Gasteiger partial charge in [-0.05, 0) is 61.9 Å². The predicted octanol–water partition coefficient (Wildman–Crippen LogP) is 3.76. The fourth-order valence-corrected chi connectivity index (χ4v) is 5.00. The molecule has 1 amide bonds. The lowest BCUT2D eigenvalue weighted by atomic mass is 9.84. The van der Waals surface area contributed by atoms with E-state index in [1.54, 1.807) is 26.1 Å². The first kappa shape index (κ1) is 19.0. The predicted molar refractivity (Wildman–Crippen MR) is 115 cm³/mol. The van der Waals surface area contributed by atoms with Crippen molar-refractivity contribution in [3.05, 3.63) is 52.3 Å². The molecule has 1 aliphatic carbocycles. The molecule has 0 N–H and O–H groups in total. The Morgan fingerprint density at radius 3 is 2.73 bits per heavy atom. The van der Waals surface area contributed by atoms with Crippen LogP contribution in [-0.2, 0) is 25.5 Å². The van der Waals surface area contributed by atoms with Crippen molar-refractivity contribution >= 4 is 16.9 Å². The van der Waals surface area contributed by atoms with Gasteiger partial charge < -0.3 is 18.9 Å². The minimum atomic E-state index is -0.368. The van der Waals surface area contributed by atoms with Crippen molar-refractivity contribution in [2.75, 3.05) is 21.2 Å². The number of fused-ring (bicyclic) bond motifs is 5. The molecular weight excluding hydrogens is 378 g/mol. The monoisotopic (exact) mass is 405 g/mol. The van der Waals surface area contributed by atoms with Crippen LogP contribution in [0.1, 0.15) is 45.7 Å². The van der Waals surface area contributed by atoms with Crippen LogP contribution in [0.15, 0.2) is 24.3 Å². The van der Waals surface area contributed by atoms with Crippen LogP contribution >= 0.6 is 0 Å². The lowest BCUT2D eigenvalue weighted by Crippen LogP contribution is -2.36. The largest absolute Gasteiger partial charge is 0.497 e. The van der Waals surface area contributed by atoms with Crippen LogP contribution < -0.4 is 9.47 Å². The van der Waals surface area contributed by atoms with Crippen LogP contribution in [0.5, 0.6) is 11.5 Å². The minimum absolute atomic E-state index is 0.00288. The zero-order valence-electron chi connectivity index (χ0n) is 18.2. The zero-order chi connectivity index (χ0) is 21.2. The Morgan fingerprint density at radius 1 is 1.23 bits per heavy atom. The van der Waals surface area contributed by atoms with Crippen molar-refractivity contribution < 1.29 is 14.3 Å². The van der Waals surface area contributed by atoms with Crippen molar-refractivity contribution in [1.82, 2.24) is 14.5 Å². The van der Waals surface area contributed by atoms with E-state index in [0.29, 0.717) is 5.56 Å². The van der Waals surface area contributed by atoms with Crippen LogP contribution in [-0.4, -0.2) is 41.6 Å². The molecule has 30 heavy (non-hydrogen) atoms. The summed E-state index contributed by atoms with van der Waals surface area (Å²) in [6.45, 7) is 1.98. The number of carbonyl (C=O) groups is 1. The second kappa shape index (κ2) is 6.49. The molecule has 2 aliphatic rings. The molecule has 0 fully saturated rings.